The van der Waals surface area contributed by atoms with Gasteiger partial charge in [0.15, 0.2) is 0 Å². The van der Waals surface area contributed by atoms with Gasteiger partial charge >= 0.3 is 29.8 Å². The summed E-state index contributed by atoms with van der Waals surface area (Å²) < 4.78 is 98.8. The van der Waals surface area contributed by atoms with Crippen LogP contribution in [-0.4, -0.2) is 245 Å². The first-order valence-electron chi connectivity index (χ1n) is 45.2. The first-order valence-corrected chi connectivity index (χ1v) is 45.2. The van der Waals surface area contributed by atoms with Crippen LogP contribution in [0.3, 0.4) is 0 Å². The highest BCUT2D eigenvalue weighted by atomic mass is 17.0. The van der Waals surface area contributed by atoms with Crippen LogP contribution in [0.2, 0.25) is 0 Å². The number of furan rings is 3. The summed E-state index contributed by atoms with van der Waals surface area (Å²) >= 11 is 0. The minimum atomic E-state index is -2.23. The fourth-order valence-corrected chi connectivity index (χ4v) is 35.7. The number of esters is 4. The maximum atomic E-state index is 13.9. The average Bonchev–Trinajstić information content (AvgIpc) is 1.43. The van der Waals surface area contributed by atoms with Crippen molar-refractivity contribution >= 4 is 35.8 Å². The van der Waals surface area contributed by atoms with Crippen LogP contribution in [0.15, 0.2) is 69.0 Å². The van der Waals surface area contributed by atoms with E-state index < -0.39 is 230 Å². The summed E-state index contributed by atoms with van der Waals surface area (Å²) in [4.78, 5) is 84.0. The maximum Gasteiger partial charge on any atom is 0.305 e. The molecule has 0 radical (unpaired) electrons. The lowest BCUT2D eigenvalue weighted by molar-refractivity contribution is -0.478. The number of aliphatic hydroxyl groups excluding tert-OH is 5. The van der Waals surface area contributed by atoms with Gasteiger partial charge in [-0.15, -0.1) is 0 Å². The zero-order chi connectivity index (χ0) is 92.4. The molecule has 33 nitrogen and oxygen atoms in total. The number of hydroxylamine groups is 2. The molecular weight excluding hydrogens is 1660 g/mol. The maximum absolute atomic E-state index is 13.9. The SMILES string of the molecule is COC(=O)CC1[C@]23OC4(C)O[C@@]2(CC[C@@]1(C)[C@@H](C)c1ccoc1)[C@]1(C)[C@@H](CC(=O)OC)[C@@]2(C)C[C@@]1(O4)[C@](O)(C2O)[C@H]3O.COC(=O)C[C@@H]1[C@@]2(C)[C@@]34CC[C@@](C)([C@@H](C)c5ccoc5)C(CC(=O)N(C)OC)[C@]35OC(C)(O4)O[C@@]23C[C@@]1(C)C(C)[C@]3(O)[C@H]5O.COC(=O)C[C@@H]1[C@@]2(C)[C@@]34CC[C@@](C)([C@@H](C)c5ccoc5)C(CC(=O)O)[C@]35OC(C)(O4)O[C@@]23C[C@@]1(C)C(O)[C@]3(O)[C@H]5O. The molecule has 9 unspecified atom stereocenters. The van der Waals surface area contributed by atoms with Crippen LogP contribution in [0.1, 0.15) is 242 Å². The van der Waals surface area contributed by atoms with Crippen molar-refractivity contribution < 1.29 is 154 Å². The zero-order valence-corrected chi connectivity index (χ0v) is 76.8. The van der Waals surface area contributed by atoms with Crippen molar-refractivity contribution in [2.75, 3.05) is 42.6 Å². The van der Waals surface area contributed by atoms with Crippen molar-refractivity contribution in [1.29, 1.82) is 0 Å². The van der Waals surface area contributed by atoms with E-state index >= 15 is 0 Å². The fraction of sp³-hybridized carbons (Fsp3) is 0.809. The third-order valence-electron chi connectivity index (χ3n) is 41.5. The Morgan fingerprint density at radius 2 is 0.661 bits per heavy atom. The van der Waals surface area contributed by atoms with Gasteiger partial charge in [-0.05, 0) is 156 Å². The quantitative estimate of drug-likeness (QED) is 0.0310. The Morgan fingerprint density at radius 3 is 0.961 bits per heavy atom. The molecule has 1 amide bonds. The zero-order valence-electron chi connectivity index (χ0n) is 76.8. The molecule has 33 heteroatoms. The van der Waals surface area contributed by atoms with Gasteiger partial charge in [-0.2, -0.15) is 0 Å². The van der Waals surface area contributed by atoms with Gasteiger partial charge in [0.25, 0.3) is 17.9 Å². The van der Waals surface area contributed by atoms with E-state index in [1.165, 1.54) is 40.6 Å². The normalized spacial score (nSPS) is 55.1. The number of hydrogen-bond donors (Lipinski definition) is 9. The average molecular weight is 1790 g/mol. The van der Waals surface area contributed by atoms with Gasteiger partial charge < -0.3 is 121 Å². The second-order valence-electron chi connectivity index (χ2n) is 44.4. The van der Waals surface area contributed by atoms with Crippen molar-refractivity contribution in [3.8, 4) is 0 Å². The molecule has 127 heavy (non-hydrogen) atoms. The Morgan fingerprint density at radius 1 is 0.386 bits per heavy atom. The molecule has 6 aliphatic heterocycles. The Balaban J connectivity index is 0.000000124. The number of nitrogens with zero attached hydrogens (tertiary/aromatic N) is 1. The molecule has 702 valence electrons. The van der Waals surface area contributed by atoms with Crippen LogP contribution >= 0.6 is 0 Å². The van der Waals surface area contributed by atoms with E-state index in [0.29, 0.717) is 44.9 Å². The third-order valence-corrected chi connectivity index (χ3v) is 41.5. The summed E-state index contributed by atoms with van der Waals surface area (Å²) in [7, 11) is 8.31. The van der Waals surface area contributed by atoms with Crippen molar-refractivity contribution in [3.63, 3.8) is 0 Å². The van der Waals surface area contributed by atoms with E-state index in [0.717, 1.165) is 16.7 Å². The Hall–Kier alpha value is -6.06. The summed E-state index contributed by atoms with van der Waals surface area (Å²) in [5.74, 6) is -13.1. The second kappa shape index (κ2) is 26.3. The van der Waals surface area contributed by atoms with Crippen molar-refractivity contribution in [2.24, 2.45) is 90.2 Å². The molecule has 6 saturated heterocycles. The number of hydrogen-bond acceptors (Lipinski definition) is 31. The van der Waals surface area contributed by atoms with E-state index in [-0.39, 0.29) is 80.5 Å². The van der Waals surface area contributed by atoms with E-state index in [1.54, 1.807) is 65.4 Å². The summed E-state index contributed by atoms with van der Waals surface area (Å²) in [6.07, 6.45) is 4.89. The van der Waals surface area contributed by atoms with Gasteiger partial charge in [0.1, 0.15) is 85.5 Å². The summed E-state index contributed by atoms with van der Waals surface area (Å²) in [6.45, 7) is 30.8. The Bertz CT molecular complexity index is 5050. The highest BCUT2D eigenvalue weighted by Gasteiger charge is 3.06. The molecule has 12 bridgehead atoms. The molecule has 3 aromatic rings. The predicted molar refractivity (Wildman–Crippen MR) is 434 cm³/mol. The van der Waals surface area contributed by atoms with E-state index in [1.807, 2.05) is 73.6 Å². The number of rotatable bonds is 19. The van der Waals surface area contributed by atoms with Crippen molar-refractivity contribution in [3.05, 3.63) is 72.5 Å². The number of carbonyl (C=O) groups is 6. The van der Waals surface area contributed by atoms with Gasteiger partial charge in [-0.1, -0.05) is 90.0 Å². The van der Waals surface area contributed by atoms with Crippen molar-refractivity contribution in [2.45, 2.75) is 340 Å². The van der Waals surface area contributed by atoms with E-state index in [2.05, 4.69) is 34.6 Å². The number of amides is 1. The summed E-state index contributed by atoms with van der Waals surface area (Å²) in [6, 6.07) is 5.64. The molecule has 21 rings (SSSR count). The molecule has 9 N–H and O–H groups in total. The summed E-state index contributed by atoms with van der Waals surface area (Å²) in [5, 5.41) is 113. The number of fused-ring (bicyclic) bond motifs is 6. The number of aliphatic hydroxyl groups is 8. The molecule has 18 aliphatic rings. The number of carboxylic acid groups (broad SMARTS) is 1. The van der Waals surface area contributed by atoms with Gasteiger partial charge in [-0.25, -0.2) is 5.06 Å². The minimum Gasteiger partial charge on any atom is -0.481 e. The van der Waals surface area contributed by atoms with Gasteiger partial charge in [0.2, 0.25) is 5.91 Å². The summed E-state index contributed by atoms with van der Waals surface area (Å²) in [5.41, 5.74) is -24.9. The second-order valence-corrected chi connectivity index (χ2v) is 44.4. The van der Waals surface area contributed by atoms with Crippen LogP contribution in [0, 0.1) is 90.2 Å². The standard InChI is InChI=1S/C33H47NO10.C31H42O11.C30H40O11/c1-18(20-10-13-41-16-20)26(3)11-12-30-28(5)21(15-24(36)39-8)27(4)17-31(28)32(38,19(27)2)25(37)33(30,44-29(6,42-30)43-31)22(26)14-23(35)34(7)40-9;1-16(17-8-11-39-14-17)24(2)9-10-28-26(4)18(12-20(32)37-6)25(3)15-29(26)30(36,22(25)34)23(35)31(28,19(24)13-21(33)38-7)42-27(5,40-28)41-29;1-15(16-7-10-38-13-16)23(2)8-9-27-25(4)17(12-20(33)37-6)24(3)14-28(25)29(36,21(24)34)22(35)30(27,18(23)11-19(31)32)41-26(5,39-27)40-28/h10,13,16,18-19,21-22,25,37-38H,11-12,14-15,17H2,1-9H3;8,11,14,16,18-19,22-23,34-36H,9-10,12-13,15H2,1-7H3;7,10,13,15,17-18,21-22,34-36H,8-9,11-12,14H2,1-6H3,(H,31,32)/t18-,19?,21-,22?,25+,26-,27-,28-,29?,30-,31-,32-,33+;16-,18-,19?,22?,23+,24-,25+,26-,27?,28-,29-,30-,31+;15-,17-,18?,21?,22+,23-,24+,25-,26?,27-,28-,29-,30+/m000/s1. The first-order chi connectivity index (χ1) is 59.0. The third kappa shape index (κ3) is 9.11. The lowest BCUT2D eigenvalue weighted by atomic mass is 9.32. The van der Waals surface area contributed by atoms with Crippen LogP contribution in [0.5, 0.6) is 0 Å². The number of carbonyl (C=O) groups excluding carboxylic acids is 5. The van der Waals surface area contributed by atoms with Crippen LogP contribution < -0.4 is 0 Å². The molecule has 0 aromatic carbocycles. The topological polar surface area (TPSA) is 456 Å². The van der Waals surface area contributed by atoms with E-state index in [4.69, 9.17) is 79.7 Å². The predicted octanol–water partition coefficient (Wildman–Crippen LogP) is 8.25. The lowest BCUT2D eigenvalue weighted by Gasteiger charge is -2.77. The lowest BCUT2D eigenvalue weighted by Crippen LogP contribution is -2.93. The molecule has 6 spiro atoms. The molecule has 12 saturated carbocycles. The molecule has 18 fully saturated rings. The number of methoxy groups -OCH3 is 4. The van der Waals surface area contributed by atoms with Gasteiger partial charge in [0.05, 0.1) is 98.2 Å². The molecule has 12 aliphatic carbocycles. The van der Waals surface area contributed by atoms with Crippen molar-refractivity contribution in [1.82, 2.24) is 5.06 Å². The number of carboxylic acids is 1. The number of aliphatic carboxylic acids is 1. The highest BCUT2D eigenvalue weighted by molar-refractivity contribution is 5.76. The Kier molecular flexibility index (Phi) is 18.7. The minimum absolute atomic E-state index is 0.0479. The van der Waals surface area contributed by atoms with Gasteiger partial charge in [0, 0.05) is 98.3 Å². The smallest absolute Gasteiger partial charge is 0.305 e. The largest absolute Gasteiger partial charge is 0.481 e. The number of ether oxygens (including phenoxy) is 13. The molecule has 9 heterocycles. The first kappa shape index (κ1) is 90.1. The molecule has 39 atom stereocenters. The molecular formula is C94H129NO32. The fourth-order valence-electron chi connectivity index (χ4n) is 35.7. The van der Waals surface area contributed by atoms with E-state index in [9.17, 15) is 74.7 Å². The van der Waals surface area contributed by atoms with Gasteiger partial charge in [-0.3, -0.25) is 33.6 Å². The molecule has 3 aromatic heterocycles. The van der Waals surface area contributed by atoms with Crippen LogP contribution in [0.25, 0.3) is 0 Å². The van der Waals surface area contributed by atoms with Crippen LogP contribution in [-0.2, 0) is 95.2 Å². The highest BCUT2D eigenvalue weighted by Crippen LogP contribution is 2.94. The Labute approximate surface area is 737 Å². The monoisotopic (exact) mass is 1780 g/mol. The van der Waals surface area contributed by atoms with Crippen LogP contribution in [0.4, 0.5) is 0 Å².